The van der Waals surface area contributed by atoms with Gasteiger partial charge < -0.3 is 0 Å². The fourth-order valence-corrected chi connectivity index (χ4v) is 4.62. The van der Waals surface area contributed by atoms with Crippen molar-refractivity contribution in [1.82, 2.24) is 10.2 Å². The molecule has 1 heterocycles. The van der Waals surface area contributed by atoms with Gasteiger partial charge in [0, 0.05) is 5.71 Å². The van der Waals surface area contributed by atoms with E-state index in [1.807, 2.05) is 0 Å². The highest BCUT2D eigenvalue weighted by Gasteiger charge is 2.46. The van der Waals surface area contributed by atoms with Crippen LogP contribution in [0.2, 0.25) is 0 Å². The van der Waals surface area contributed by atoms with E-state index in [4.69, 9.17) is 4.99 Å². The van der Waals surface area contributed by atoms with E-state index >= 15 is 0 Å². The summed E-state index contributed by atoms with van der Waals surface area (Å²) in [4.78, 5) is 4.78. The van der Waals surface area contributed by atoms with E-state index in [0.29, 0.717) is 0 Å². The Morgan fingerprint density at radius 1 is 1.06 bits per heavy atom. The van der Waals surface area contributed by atoms with Crippen molar-refractivity contribution in [2.24, 2.45) is 28.7 Å². The quantitative estimate of drug-likeness (QED) is 0.747. The monoisotopic (exact) mass is 233 g/mol. The van der Waals surface area contributed by atoms with Crippen molar-refractivity contribution < 1.29 is 0 Å². The molecule has 0 amide bonds. The number of hydrogen-bond donors (Lipinski definition) is 0. The summed E-state index contributed by atoms with van der Waals surface area (Å²) in [6.07, 6.45) is 7.07. The highest BCUT2D eigenvalue weighted by molar-refractivity contribution is 7.13. The van der Waals surface area contributed by atoms with Crippen LogP contribution in [0.3, 0.4) is 0 Å². The van der Waals surface area contributed by atoms with Crippen LogP contribution >= 0.6 is 11.3 Å². The zero-order chi connectivity index (χ0) is 10.5. The molecule has 4 saturated carbocycles. The molecule has 4 heteroatoms. The number of aliphatic imine (C=N–C) groups is 1. The standard InChI is InChI=1S/C12H15N3S/c1-7-2-9-4-8(1)5-10(3-7)11(9)14-12-15-13-6-16-12/h6-10H,1-5H2. The average Bonchev–Trinajstić information content (AvgIpc) is 2.75. The molecule has 4 aliphatic carbocycles. The van der Waals surface area contributed by atoms with Gasteiger partial charge in [0.2, 0.25) is 5.13 Å². The molecule has 0 saturated heterocycles. The number of hydrogen-bond acceptors (Lipinski definition) is 4. The lowest BCUT2D eigenvalue weighted by Gasteiger charge is -2.50. The Balaban J connectivity index is 1.69. The highest BCUT2D eigenvalue weighted by Crippen LogP contribution is 2.52. The van der Waals surface area contributed by atoms with Crippen molar-refractivity contribution in [3.05, 3.63) is 5.51 Å². The van der Waals surface area contributed by atoms with Gasteiger partial charge >= 0.3 is 0 Å². The smallest absolute Gasteiger partial charge is 0.227 e. The van der Waals surface area contributed by atoms with Crippen LogP contribution in [0.1, 0.15) is 32.1 Å². The molecule has 4 fully saturated rings. The maximum absolute atomic E-state index is 4.78. The Hall–Kier alpha value is -0.770. The molecule has 1 aromatic heterocycles. The first kappa shape index (κ1) is 9.28. The van der Waals surface area contributed by atoms with Gasteiger partial charge in [-0.3, -0.25) is 0 Å². The van der Waals surface area contributed by atoms with Crippen LogP contribution < -0.4 is 0 Å². The van der Waals surface area contributed by atoms with Gasteiger partial charge in [0.1, 0.15) is 5.51 Å². The first-order valence-electron chi connectivity index (χ1n) is 6.23. The summed E-state index contributed by atoms with van der Waals surface area (Å²) >= 11 is 1.56. The molecule has 3 nitrogen and oxygen atoms in total. The van der Waals surface area contributed by atoms with Gasteiger partial charge in [0.25, 0.3) is 0 Å². The molecule has 0 spiro atoms. The van der Waals surface area contributed by atoms with E-state index < -0.39 is 0 Å². The van der Waals surface area contributed by atoms with E-state index in [2.05, 4.69) is 10.2 Å². The van der Waals surface area contributed by atoms with Crippen molar-refractivity contribution in [1.29, 1.82) is 0 Å². The van der Waals surface area contributed by atoms with Gasteiger partial charge in [-0.05, 0) is 55.8 Å². The fourth-order valence-electron chi connectivity index (χ4n) is 4.18. The number of rotatable bonds is 1. The van der Waals surface area contributed by atoms with Crippen LogP contribution in [0.5, 0.6) is 0 Å². The highest BCUT2D eigenvalue weighted by atomic mass is 32.1. The van der Waals surface area contributed by atoms with Crippen LogP contribution in [-0.2, 0) is 0 Å². The van der Waals surface area contributed by atoms with Crippen LogP contribution in [0.4, 0.5) is 5.13 Å². The van der Waals surface area contributed by atoms with Gasteiger partial charge in [-0.15, -0.1) is 10.2 Å². The molecule has 4 aliphatic rings. The van der Waals surface area contributed by atoms with E-state index in [1.54, 1.807) is 16.8 Å². The van der Waals surface area contributed by atoms with E-state index in [9.17, 15) is 0 Å². The van der Waals surface area contributed by atoms with Crippen molar-refractivity contribution in [3.8, 4) is 0 Å². The molecular formula is C12H15N3S. The Bertz CT molecular complexity index is 393. The van der Waals surface area contributed by atoms with Gasteiger partial charge in [-0.1, -0.05) is 11.3 Å². The van der Waals surface area contributed by atoms with Crippen molar-refractivity contribution in [3.63, 3.8) is 0 Å². The lowest BCUT2D eigenvalue weighted by molar-refractivity contribution is 0.109. The largest absolute Gasteiger partial charge is 0.231 e. The van der Waals surface area contributed by atoms with Crippen molar-refractivity contribution in [2.75, 3.05) is 0 Å². The minimum absolute atomic E-state index is 0.778. The molecule has 0 aliphatic heterocycles. The summed E-state index contributed by atoms with van der Waals surface area (Å²) in [5, 5.41) is 8.78. The molecule has 0 unspecified atom stereocenters. The molecule has 16 heavy (non-hydrogen) atoms. The van der Waals surface area contributed by atoms with Crippen LogP contribution in [0.15, 0.2) is 10.5 Å². The van der Waals surface area contributed by atoms with Gasteiger partial charge in [-0.25, -0.2) is 4.99 Å². The van der Waals surface area contributed by atoms with Gasteiger partial charge in [0.05, 0.1) is 0 Å². The van der Waals surface area contributed by atoms with Crippen LogP contribution in [0, 0.1) is 23.7 Å². The average molecular weight is 233 g/mol. The molecule has 0 radical (unpaired) electrons. The summed E-state index contributed by atoms with van der Waals surface area (Å²) in [5.74, 6) is 3.58. The third-order valence-corrected chi connectivity index (χ3v) is 5.13. The zero-order valence-electron chi connectivity index (χ0n) is 9.17. The van der Waals surface area contributed by atoms with Gasteiger partial charge in [-0.2, -0.15) is 0 Å². The SMILES string of the molecule is c1nnc(N=C2C3CC4CC(C3)CC2C4)s1. The maximum atomic E-state index is 4.78. The second kappa shape index (κ2) is 3.36. The summed E-state index contributed by atoms with van der Waals surface area (Å²) in [7, 11) is 0. The molecule has 0 aromatic carbocycles. The zero-order valence-corrected chi connectivity index (χ0v) is 9.99. The van der Waals surface area contributed by atoms with Crippen molar-refractivity contribution >= 4 is 22.2 Å². The lowest BCUT2D eigenvalue weighted by Crippen LogP contribution is -2.45. The molecule has 4 bridgehead atoms. The molecule has 1 aromatic rings. The third-order valence-electron chi connectivity index (χ3n) is 4.55. The summed E-state index contributed by atoms with van der Waals surface area (Å²) in [6, 6.07) is 0. The minimum atomic E-state index is 0.778. The summed E-state index contributed by atoms with van der Waals surface area (Å²) < 4.78 is 0. The summed E-state index contributed by atoms with van der Waals surface area (Å²) in [6.45, 7) is 0. The molecule has 5 rings (SSSR count). The predicted molar refractivity (Wildman–Crippen MR) is 64.0 cm³/mol. The second-order valence-corrected chi connectivity index (χ2v) is 6.37. The first-order valence-corrected chi connectivity index (χ1v) is 7.11. The number of aromatic nitrogens is 2. The second-order valence-electron chi connectivity index (χ2n) is 5.56. The maximum Gasteiger partial charge on any atom is 0.231 e. The lowest BCUT2D eigenvalue weighted by atomic mass is 9.55. The Morgan fingerprint density at radius 2 is 1.75 bits per heavy atom. The van der Waals surface area contributed by atoms with E-state index in [0.717, 1.165) is 28.8 Å². The molecule has 0 N–H and O–H groups in total. The fraction of sp³-hybridized carbons (Fsp3) is 0.750. The van der Waals surface area contributed by atoms with Gasteiger partial charge in [0.15, 0.2) is 0 Å². The van der Waals surface area contributed by atoms with E-state index in [-0.39, 0.29) is 0 Å². The predicted octanol–water partition coefficient (Wildman–Crippen LogP) is 3.07. The molecule has 84 valence electrons. The topological polar surface area (TPSA) is 38.1 Å². The van der Waals surface area contributed by atoms with Crippen LogP contribution in [0.25, 0.3) is 0 Å². The Morgan fingerprint density at radius 3 is 2.31 bits per heavy atom. The Labute approximate surface area is 99.0 Å². The molecule has 0 atom stereocenters. The van der Waals surface area contributed by atoms with Crippen molar-refractivity contribution in [2.45, 2.75) is 32.1 Å². The minimum Gasteiger partial charge on any atom is -0.227 e. The Kier molecular flexibility index (Phi) is 1.95. The third kappa shape index (κ3) is 1.35. The summed E-state index contributed by atoms with van der Waals surface area (Å²) in [5.41, 5.74) is 3.24. The normalized spacial score (nSPS) is 40.4. The first-order chi connectivity index (χ1) is 7.88. The van der Waals surface area contributed by atoms with Crippen LogP contribution in [-0.4, -0.2) is 15.9 Å². The van der Waals surface area contributed by atoms with E-state index in [1.165, 1.54) is 37.8 Å². The number of nitrogens with zero attached hydrogens (tertiary/aromatic N) is 3. The molecular weight excluding hydrogens is 218 g/mol.